The minimum atomic E-state index is -3.63. The highest BCUT2D eigenvalue weighted by atomic mass is 32.2. The number of carbonyl (C=O) groups excluding carboxylic acids is 1. The van der Waals surface area contributed by atoms with Crippen LogP contribution in [0.2, 0.25) is 0 Å². The van der Waals surface area contributed by atoms with Crippen LogP contribution in [0, 0.1) is 0 Å². The van der Waals surface area contributed by atoms with Crippen molar-refractivity contribution in [2.45, 2.75) is 13.0 Å². The maximum absolute atomic E-state index is 12.6. The van der Waals surface area contributed by atoms with E-state index >= 15 is 0 Å². The summed E-state index contributed by atoms with van der Waals surface area (Å²) in [5.74, 6) is 0.219. The van der Waals surface area contributed by atoms with Crippen LogP contribution in [-0.4, -0.2) is 33.2 Å². The largest absolute Gasteiger partial charge is 0.490 e. The quantitative estimate of drug-likeness (QED) is 0.721. The lowest BCUT2D eigenvalue weighted by Gasteiger charge is -2.28. The van der Waals surface area contributed by atoms with Crippen LogP contribution in [0.15, 0.2) is 67.3 Å². The maximum Gasteiger partial charge on any atom is 0.247 e. The molecule has 0 bridgehead atoms. The molecule has 0 radical (unpaired) electrons. The topological polar surface area (TPSA) is 75.7 Å². The van der Waals surface area contributed by atoms with Gasteiger partial charge in [-0.2, -0.15) is 0 Å². The lowest BCUT2D eigenvalue weighted by Crippen LogP contribution is -2.45. The minimum Gasteiger partial charge on any atom is -0.490 e. The molecule has 1 atom stereocenters. The molecular formula is C19H22N2O4S. The fourth-order valence-electron chi connectivity index (χ4n) is 2.42. The highest BCUT2D eigenvalue weighted by Crippen LogP contribution is 2.22. The summed E-state index contributed by atoms with van der Waals surface area (Å²) < 4.78 is 30.9. The Labute approximate surface area is 154 Å². The van der Waals surface area contributed by atoms with Gasteiger partial charge in [-0.3, -0.25) is 9.10 Å². The third-order valence-electron chi connectivity index (χ3n) is 3.59. The summed E-state index contributed by atoms with van der Waals surface area (Å²) in [7, 11) is -3.63. The van der Waals surface area contributed by atoms with Gasteiger partial charge in [0.15, 0.2) is 0 Å². The molecule has 7 heteroatoms. The standard InChI is InChI=1S/C19H22N2O4S/c1-4-14-25-18-12-10-16(11-13-18)20-19(22)15(2)21(26(3,23)24)17-8-6-5-7-9-17/h4-13,15H,1,14H2,2-3H3,(H,20,22)/t15-/m0/s1. The summed E-state index contributed by atoms with van der Waals surface area (Å²) >= 11 is 0. The highest BCUT2D eigenvalue weighted by molar-refractivity contribution is 7.92. The lowest BCUT2D eigenvalue weighted by molar-refractivity contribution is -0.116. The van der Waals surface area contributed by atoms with Gasteiger partial charge >= 0.3 is 0 Å². The number of carbonyl (C=O) groups is 1. The number of anilines is 2. The molecule has 2 aromatic carbocycles. The third kappa shape index (κ3) is 5.10. The summed E-state index contributed by atoms with van der Waals surface area (Å²) in [6.07, 6.45) is 2.72. The lowest BCUT2D eigenvalue weighted by atomic mass is 10.2. The maximum atomic E-state index is 12.6. The van der Waals surface area contributed by atoms with Crippen molar-refractivity contribution in [3.05, 3.63) is 67.3 Å². The Bertz CT molecular complexity index is 849. The first-order valence-corrected chi connectivity index (χ1v) is 9.87. The Balaban J connectivity index is 2.15. The number of hydrogen-bond acceptors (Lipinski definition) is 4. The normalized spacial score (nSPS) is 12.1. The first-order chi connectivity index (χ1) is 12.3. The van der Waals surface area contributed by atoms with Gasteiger partial charge in [-0.05, 0) is 43.3 Å². The van der Waals surface area contributed by atoms with E-state index in [1.165, 1.54) is 0 Å². The van der Waals surface area contributed by atoms with Gasteiger partial charge in [-0.15, -0.1) is 0 Å². The van der Waals surface area contributed by atoms with Gasteiger partial charge < -0.3 is 10.1 Å². The van der Waals surface area contributed by atoms with Gasteiger partial charge in [0.2, 0.25) is 15.9 Å². The fraction of sp³-hybridized carbons (Fsp3) is 0.211. The number of sulfonamides is 1. The van der Waals surface area contributed by atoms with E-state index in [2.05, 4.69) is 11.9 Å². The van der Waals surface area contributed by atoms with Crippen LogP contribution in [0.1, 0.15) is 6.92 Å². The number of ether oxygens (including phenoxy) is 1. The molecule has 0 aromatic heterocycles. The Morgan fingerprint density at radius 1 is 1.19 bits per heavy atom. The smallest absolute Gasteiger partial charge is 0.247 e. The number of para-hydroxylation sites is 1. The molecule has 1 N–H and O–H groups in total. The molecule has 2 aromatic rings. The van der Waals surface area contributed by atoms with Crippen molar-refractivity contribution in [2.24, 2.45) is 0 Å². The van der Waals surface area contributed by atoms with E-state index in [-0.39, 0.29) is 0 Å². The Morgan fingerprint density at radius 2 is 1.81 bits per heavy atom. The molecular weight excluding hydrogens is 352 g/mol. The van der Waals surface area contributed by atoms with Crippen LogP contribution < -0.4 is 14.4 Å². The monoisotopic (exact) mass is 374 g/mol. The van der Waals surface area contributed by atoms with Crippen LogP contribution in [-0.2, 0) is 14.8 Å². The van der Waals surface area contributed by atoms with E-state index in [1.54, 1.807) is 67.6 Å². The summed E-state index contributed by atoms with van der Waals surface area (Å²) in [5, 5.41) is 2.73. The number of nitrogens with one attached hydrogen (secondary N) is 1. The number of benzene rings is 2. The second-order valence-electron chi connectivity index (χ2n) is 5.68. The highest BCUT2D eigenvalue weighted by Gasteiger charge is 2.29. The summed E-state index contributed by atoms with van der Waals surface area (Å²) in [6, 6.07) is 14.4. The first kappa shape index (κ1) is 19.5. The number of nitrogens with zero attached hydrogens (tertiary/aromatic N) is 1. The van der Waals surface area contributed by atoms with Crippen molar-refractivity contribution in [3.8, 4) is 5.75 Å². The first-order valence-electron chi connectivity index (χ1n) is 8.02. The third-order valence-corrected chi connectivity index (χ3v) is 4.83. The van der Waals surface area contributed by atoms with E-state index in [1.807, 2.05) is 0 Å². The zero-order chi connectivity index (χ0) is 19.2. The number of rotatable bonds is 8. The molecule has 1 amide bonds. The molecule has 0 heterocycles. The van der Waals surface area contributed by atoms with Crippen LogP contribution in [0.3, 0.4) is 0 Å². The molecule has 0 saturated carbocycles. The molecule has 0 aliphatic carbocycles. The van der Waals surface area contributed by atoms with Crippen LogP contribution in [0.5, 0.6) is 5.75 Å². The Kier molecular flexibility index (Phi) is 6.41. The van der Waals surface area contributed by atoms with E-state index in [0.29, 0.717) is 23.7 Å². The van der Waals surface area contributed by atoms with Crippen molar-refractivity contribution >= 4 is 27.3 Å². The van der Waals surface area contributed by atoms with E-state index in [4.69, 9.17) is 4.74 Å². The Hall–Kier alpha value is -2.80. The van der Waals surface area contributed by atoms with Crippen LogP contribution in [0.4, 0.5) is 11.4 Å². The molecule has 138 valence electrons. The second-order valence-corrected chi connectivity index (χ2v) is 7.54. The van der Waals surface area contributed by atoms with Gasteiger partial charge in [-0.1, -0.05) is 30.9 Å². The second kappa shape index (κ2) is 8.53. The summed E-state index contributed by atoms with van der Waals surface area (Å²) in [6.45, 7) is 5.52. The minimum absolute atomic E-state index is 0.392. The average Bonchev–Trinajstić information content (AvgIpc) is 2.61. The summed E-state index contributed by atoms with van der Waals surface area (Å²) in [4.78, 5) is 12.6. The van der Waals surface area contributed by atoms with Crippen LogP contribution in [0.25, 0.3) is 0 Å². The van der Waals surface area contributed by atoms with Gasteiger partial charge in [0, 0.05) is 5.69 Å². The van der Waals surface area contributed by atoms with Gasteiger partial charge in [0.1, 0.15) is 18.4 Å². The van der Waals surface area contributed by atoms with Crippen molar-refractivity contribution in [2.75, 3.05) is 22.5 Å². The van der Waals surface area contributed by atoms with Gasteiger partial charge in [0.05, 0.1) is 11.9 Å². The molecule has 0 aliphatic rings. The molecule has 0 fully saturated rings. The van der Waals surface area contributed by atoms with Crippen molar-refractivity contribution in [1.82, 2.24) is 0 Å². The van der Waals surface area contributed by atoms with E-state index in [9.17, 15) is 13.2 Å². The van der Waals surface area contributed by atoms with Crippen LogP contribution >= 0.6 is 0 Å². The zero-order valence-electron chi connectivity index (χ0n) is 14.8. The SMILES string of the molecule is C=CCOc1ccc(NC(=O)[C@H](C)N(c2ccccc2)S(C)(=O)=O)cc1. The zero-order valence-corrected chi connectivity index (χ0v) is 15.6. The molecule has 0 aliphatic heterocycles. The van der Waals surface area contributed by atoms with Gasteiger partial charge in [0.25, 0.3) is 0 Å². The predicted molar refractivity (Wildman–Crippen MR) is 104 cm³/mol. The fourth-order valence-corrected chi connectivity index (χ4v) is 3.59. The Morgan fingerprint density at radius 3 is 2.35 bits per heavy atom. The molecule has 2 rings (SSSR count). The molecule has 0 unspecified atom stereocenters. The molecule has 26 heavy (non-hydrogen) atoms. The molecule has 6 nitrogen and oxygen atoms in total. The van der Waals surface area contributed by atoms with Crippen molar-refractivity contribution < 1.29 is 17.9 Å². The summed E-state index contributed by atoms with van der Waals surface area (Å²) in [5.41, 5.74) is 0.986. The number of amides is 1. The van der Waals surface area contributed by atoms with E-state index < -0.39 is 22.0 Å². The molecule has 0 spiro atoms. The predicted octanol–water partition coefficient (Wildman–Crippen LogP) is 3.04. The van der Waals surface area contributed by atoms with Gasteiger partial charge in [-0.25, -0.2) is 8.42 Å². The van der Waals surface area contributed by atoms with E-state index in [0.717, 1.165) is 10.6 Å². The van der Waals surface area contributed by atoms with Crippen molar-refractivity contribution in [1.29, 1.82) is 0 Å². The van der Waals surface area contributed by atoms with Crippen molar-refractivity contribution in [3.63, 3.8) is 0 Å². The molecule has 0 saturated heterocycles. The average molecular weight is 374 g/mol. The number of hydrogen-bond donors (Lipinski definition) is 1.